The van der Waals surface area contributed by atoms with Crippen LogP contribution in [-0.2, 0) is 13.5 Å². The van der Waals surface area contributed by atoms with E-state index < -0.39 is 6.98 Å². The lowest BCUT2D eigenvalue weighted by Crippen LogP contribution is -2.31. The van der Waals surface area contributed by atoms with Crippen LogP contribution in [0.15, 0.2) is 41.1 Å². The fraction of sp³-hybridized carbons (Fsp3) is 0.133. The van der Waals surface area contributed by atoms with Crippen molar-refractivity contribution >= 4 is 22.3 Å². The lowest BCUT2D eigenvalue weighted by molar-refractivity contribution is -0.652. The Kier molecular flexibility index (Phi) is 1.27. The van der Waals surface area contributed by atoms with Gasteiger partial charge in [0.1, 0.15) is 6.54 Å². The van der Waals surface area contributed by atoms with Gasteiger partial charge < -0.3 is 4.42 Å². The summed E-state index contributed by atoms with van der Waals surface area (Å²) in [6.45, 7) is -1.85. The molecule has 0 atom stereocenters. The van der Waals surface area contributed by atoms with Crippen LogP contribution >= 0.6 is 0 Å². The number of aromatic nitrogens is 4. The number of hydrogen-bond donors (Lipinski definition) is 0. The summed E-state index contributed by atoms with van der Waals surface area (Å²) in [6, 6.07) is 7.26. The minimum atomic E-state index is -2.34. The van der Waals surface area contributed by atoms with Crippen LogP contribution in [0.5, 0.6) is 0 Å². The highest BCUT2D eigenvalue weighted by molar-refractivity contribution is 5.98. The number of pyridine rings is 2. The maximum Gasteiger partial charge on any atom is 0.341 e. The Morgan fingerprint density at radius 3 is 3.15 bits per heavy atom. The number of imidazole rings is 1. The van der Waals surface area contributed by atoms with Crippen molar-refractivity contribution in [3.63, 3.8) is 0 Å². The molecule has 1 aliphatic heterocycles. The number of fused-ring (bicyclic) bond motifs is 7. The van der Waals surface area contributed by atoms with Crippen molar-refractivity contribution in [1.82, 2.24) is 14.5 Å². The molecule has 96 valence electrons. The summed E-state index contributed by atoms with van der Waals surface area (Å²) >= 11 is 0. The van der Waals surface area contributed by atoms with Crippen molar-refractivity contribution in [2.45, 2.75) is 6.54 Å². The molecule has 0 aliphatic carbocycles. The summed E-state index contributed by atoms with van der Waals surface area (Å²) in [7, 11) is 0. The summed E-state index contributed by atoms with van der Waals surface area (Å²) in [6.07, 6.45) is 3.35. The first-order chi connectivity index (χ1) is 11.1. The number of furan rings is 1. The highest BCUT2D eigenvalue weighted by Gasteiger charge is 2.36. The minimum Gasteiger partial charge on any atom is -0.417 e. The molecule has 0 radical (unpaired) electrons. The summed E-state index contributed by atoms with van der Waals surface area (Å²) in [4.78, 5) is 8.67. The van der Waals surface area contributed by atoms with E-state index in [0.29, 0.717) is 34.7 Å². The van der Waals surface area contributed by atoms with Crippen LogP contribution in [0.25, 0.3) is 33.7 Å². The highest BCUT2D eigenvalue weighted by atomic mass is 16.3. The van der Waals surface area contributed by atoms with Crippen LogP contribution in [0.1, 0.15) is 9.81 Å². The SMILES string of the molecule is [2H]C([2H])([2H])n1c2[n+](c3oc4cccnc4c31)Cc1ncccc1-2. The van der Waals surface area contributed by atoms with Crippen LogP contribution < -0.4 is 4.57 Å². The van der Waals surface area contributed by atoms with Gasteiger partial charge >= 0.3 is 5.71 Å². The monoisotopic (exact) mass is 266 g/mol. The highest BCUT2D eigenvalue weighted by Crippen LogP contribution is 2.33. The molecule has 0 amide bonds. The molecule has 5 heteroatoms. The molecule has 0 unspecified atom stereocenters. The smallest absolute Gasteiger partial charge is 0.341 e. The third-order valence-corrected chi connectivity index (χ3v) is 3.78. The molecule has 5 heterocycles. The second kappa shape index (κ2) is 3.25. The van der Waals surface area contributed by atoms with Crippen LogP contribution in [0.4, 0.5) is 0 Å². The number of nitrogens with zero attached hydrogens (tertiary/aromatic N) is 4. The molecule has 0 saturated carbocycles. The summed E-state index contributed by atoms with van der Waals surface area (Å²) in [5.74, 6) is 0.592. The molecule has 5 nitrogen and oxygen atoms in total. The summed E-state index contributed by atoms with van der Waals surface area (Å²) in [5, 5.41) is 0. The molecule has 0 fully saturated rings. The molecule has 4 aromatic rings. The van der Waals surface area contributed by atoms with E-state index in [1.165, 1.54) is 4.57 Å². The number of aryl methyl sites for hydroxylation is 1. The Hall–Kier alpha value is -2.69. The van der Waals surface area contributed by atoms with E-state index in [2.05, 4.69) is 9.97 Å². The predicted octanol–water partition coefficient (Wildman–Crippen LogP) is 2.03. The third-order valence-electron chi connectivity index (χ3n) is 3.78. The summed E-state index contributed by atoms with van der Waals surface area (Å²) in [5.41, 5.74) is 3.82. The van der Waals surface area contributed by atoms with E-state index in [1.807, 2.05) is 16.7 Å². The first-order valence-electron chi connectivity index (χ1n) is 7.82. The molecule has 4 aromatic heterocycles. The average molecular weight is 266 g/mol. The largest absolute Gasteiger partial charge is 0.417 e. The van der Waals surface area contributed by atoms with Crippen molar-refractivity contribution in [1.29, 1.82) is 0 Å². The Balaban J connectivity index is 2.01. The molecular weight excluding hydrogens is 252 g/mol. The lowest BCUT2D eigenvalue weighted by atomic mass is 10.2. The van der Waals surface area contributed by atoms with E-state index in [1.54, 1.807) is 24.5 Å². The molecule has 0 bridgehead atoms. The van der Waals surface area contributed by atoms with E-state index >= 15 is 0 Å². The zero-order chi connectivity index (χ0) is 15.8. The second-order valence-corrected chi connectivity index (χ2v) is 4.85. The average Bonchev–Trinajstić information content (AvgIpc) is 3.13. The zero-order valence-electron chi connectivity index (χ0n) is 13.4. The first-order valence-corrected chi connectivity index (χ1v) is 6.32. The first kappa shape index (κ1) is 7.79. The maximum atomic E-state index is 7.99. The standard InChI is InChI=1S/C15H11N4O/c1-18-13-12-11(5-3-7-17-12)20-15(13)19-8-10-9(14(18)19)4-2-6-16-10/h2-7H,8H2,1H3/q+1/i1D3. The lowest BCUT2D eigenvalue weighted by Gasteiger charge is -1.94. The second-order valence-electron chi connectivity index (χ2n) is 4.85. The fourth-order valence-corrected chi connectivity index (χ4v) is 2.94. The van der Waals surface area contributed by atoms with Gasteiger partial charge in [0.15, 0.2) is 11.1 Å². The molecular formula is C15H11N4O+. The van der Waals surface area contributed by atoms with E-state index in [-0.39, 0.29) is 0 Å². The molecule has 0 saturated heterocycles. The molecule has 0 spiro atoms. The van der Waals surface area contributed by atoms with Crippen LogP contribution in [-0.4, -0.2) is 14.5 Å². The van der Waals surface area contributed by atoms with Crippen molar-refractivity contribution in [3.05, 3.63) is 42.4 Å². The molecule has 1 aliphatic rings. The van der Waals surface area contributed by atoms with Crippen molar-refractivity contribution in [2.75, 3.05) is 0 Å². The maximum absolute atomic E-state index is 7.99. The zero-order valence-corrected chi connectivity index (χ0v) is 10.4. The normalized spacial score (nSPS) is 15.9. The Morgan fingerprint density at radius 1 is 1.30 bits per heavy atom. The van der Waals surface area contributed by atoms with E-state index in [4.69, 9.17) is 8.53 Å². The van der Waals surface area contributed by atoms with Gasteiger partial charge in [-0.2, -0.15) is 4.57 Å². The van der Waals surface area contributed by atoms with Gasteiger partial charge in [0.2, 0.25) is 5.52 Å². The van der Waals surface area contributed by atoms with Crippen molar-refractivity contribution in [2.24, 2.45) is 6.98 Å². The van der Waals surface area contributed by atoms with Gasteiger partial charge in [0, 0.05) is 12.4 Å². The molecule has 0 N–H and O–H groups in total. The molecule has 0 aromatic carbocycles. The van der Waals surface area contributed by atoms with Gasteiger partial charge in [-0.3, -0.25) is 4.98 Å². The van der Waals surface area contributed by atoms with E-state index in [0.717, 1.165) is 11.3 Å². The van der Waals surface area contributed by atoms with Crippen LogP contribution in [0, 0.1) is 0 Å². The predicted molar refractivity (Wildman–Crippen MR) is 73.0 cm³/mol. The van der Waals surface area contributed by atoms with Gasteiger partial charge in [-0.25, -0.2) is 9.55 Å². The third kappa shape index (κ3) is 1.02. The van der Waals surface area contributed by atoms with Gasteiger partial charge in [-0.05, 0) is 24.3 Å². The topological polar surface area (TPSA) is 47.7 Å². The van der Waals surface area contributed by atoms with Gasteiger partial charge in [-0.1, -0.05) is 0 Å². The number of hydrogen-bond acceptors (Lipinski definition) is 3. The van der Waals surface area contributed by atoms with Gasteiger partial charge in [-0.15, -0.1) is 0 Å². The van der Waals surface area contributed by atoms with Crippen LogP contribution in [0.3, 0.4) is 0 Å². The Morgan fingerprint density at radius 2 is 2.20 bits per heavy atom. The Labute approximate surface area is 118 Å². The molecule has 20 heavy (non-hydrogen) atoms. The van der Waals surface area contributed by atoms with E-state index in [9.17, 15) is 0 Å². The quantitative estimate of drug-likeness (QED) is 0.403. The van der Waals surface area contributed by atoms with Gasteiger partial charge in [0.05, 0.1) is 22.3 Å². The van der Waals surface area contributed by atoms with Crippen molar-refractivity contribution in [3.8, 4) is 11.4 Å². The fourth-order valence-electron chi connectivity index (χ4n) is 2.94. The number of rotatable bonds is 0. The van der Waals surface area contributed by atoms with Crippen molar-refractivity contribution < 1.29 is 13.1 Å². The summed E-state index contributed by atoms with van der Waals surface area (Å²) < 4.78 is 33.1. The molecule has 5 rings (SSSR count). The van der Waals surface area contributed by atoms with Crippen LogP contribution in [0.2, 0.25) is 0 Å². The van der Waals surface area contributed by atoms with Gasteiger partial charge in [0.25, 0.3) is 5.82 Å². The minimum absolute atomic E-state index is 0.491. The Bertz CT molecular complexity index is 1090.